The van der Waals surface area contributed by atoms with Crippen molar-refractivity contribution in [2.24, 2.45) is 5.92 Å². The zero-order valence-corrected chi connectivity index (χ0v) is 26.0. The van der Waals surface area contributed by atoms with Crippen molar-refractivity contribution in [2.45, 2.75) is 65.0 Å². The van der Waals surface area contributed by atoms with E-state index >= 15 is 0 Å². The lowest BCUT2D eigenvalue weighted by Gasteiger charge is -2.43. The number of carbonyl (C=O) groups excluding carboxylic acids is 3. The number of nitrogens with one attached hydrogen (secondary N) is 4. The molecule has 5 N–H and O–H groups in total. The van der Waals surface area contributed by atoms with E-state index in [0.717, 1.165) is 16.7 Å². The van der Waals surface area contributed by atoms with Gasteiger partial charge in [-0.15, -0.1) is 0 Å². The van der Waals surface area contributed by atoms with E-state index in [-0.39, 0.29) is 42.7 Å². The highest BCUT2D eigenvalue weighted by Gasteiger charge is 2.39. The number of aryl methyl sites for hydroxylation is 2. The number of benzene rings is 2. The Morgan fingerprint density at radius 2 is 1.64 bits per heavy atom. The maximum absolute atomic E-state index is 13.3. The first-order valence-electron chi connectivity index (χ1n) is 15.0. The summed E-state index contributed by atoms with van der Waals surface area (Å²) in [5.41, 5.74) is 1.71. The highest BCUT2D eigenvalue weighted by molar-refractivity contribution is 6.06. The van der Waals surface area contributed by atoms with Crippen LogP contribution < -0.4 is 21.6 Å². The Morgan fingerprint density at radius 1 is 1.00 bits per heavy atom. The fraction of sp³-hybridized carbons (Fsp3) is 0.394. The molecule has 0 spiro atoms. The van der Waals surface area contributed by atoms with Crippen LogP contribution in [0.25, 0.3) is 0 Å². The summed E-state index contributed by atoms with van der Waals surface area (Å²) in [6.07, 6.45) is 2.22. The number of nitrogens with zero attached hydrogens (tertiary/aromatic N) is 2. The molecule has 2 aromatic carbocycles. The van der Waals surface area contributed by atoms with Crippen molar-refractivity contribution in [3.05, 3.63) is 93.0 Å². The number of urea groups is 1. The molecule has 1 aromatic heterocycles. The molecule has 1 fully saturated rings. The molecule has 0 saturated carbocycles. The summed E-state index contributed by atoms with van der Waals surface area (Å²) in [6.45, 7) is 8.10. The van der Waals surface area contributed by atoms with Gasteiger partial charge in [0.05, 0.1) is 5.54 Å². The first kappa shape index (κ1) is 32.9. The molecule has 4 amide bonds. The second-order valence-electron chi connectivity index (χ2n) is 11.9. The summed E-state index contributed by atoms with van der Waals surface area (Å²) < 4.78 is 0. The smallest absolute Gasteiger partial charge is 0.346 e. The fourth-order valence-corrected chi connectivity index (χ4v) is 5.72. The number of carboxylic acid groups (broad SMARTS) is 1. The lowest BCUT2D eigenvalue weighted by molar-refractivity contribution is -0.139. The first-order valence-corrected chi connectivity index (χ1v) is 15.0. The van der Waals surface area contributed by atoms with Crippen LogP contribution in [-0.4, -0.2) is 62.9 Å². The van der Waals surface area contributed by atoms with Crippen LogP contribution in [0.2, 0.25) is 0 Å². The average molecular weight is 617 g/mol. The molecule has 1 atom stereocenters. The number of carboxylic acids is 1. The number of hydrogen-bond donors (Lipinski definition) is 5. The number of amides is 4. The normalized spacial score (nSPS) is 14.8. The molecule has 0 bridgehead atoms. The highest BCUT2D eigenvalue weighted by Crippen LogP contribution is 2.33. The predicted octanol–water partition coefficient (Wildman–Crippen LogP) is 3.50. The second kappa shape index (κ2) is 14.2. The van der Waals surface area contributed by atoms with Crippen LogP contribution in [0.5, 0.6) is 0 Å². The monoisotopic (exact) mass is 616 g/mol. The Labute approximate surface area is 261 Å². The topological polar surface area (TPSA) is 174 Å². The van der Waals surface area contributed by atoms with Crippen LogP contribution in [0.4, 0.5) is 10.6 Å². The van der Waals surface area contributed by atoms with Gasteiger partial charge in [-0.25, -0.2) is 19.4 Å². The van der Waals surface area contributed by atoms with Crippen LogP contribution >= 0.6 is 0 Å². The van der Waals surface area contributed by atoms with Crippen molar-refractivity contribution in [1.29, 1.82) is 0 Å². The van der Waals surface area contributed by atoms with Gasteiger partial charge in [0.15, 0.2) is 0 Å². The van der Waals surface area contributed by atoms with Crippen molar-refractivity contribution in [3.63, 3.8) is 0 Å². The van der Waals surface area contributed by atoms with E-state index in [1.54, 1.807) is 26.0 Å². The molecule has 0 radical (unpaired) electrons. The van der Waals surface area contributed by atoms with Crippen LogP contribution in [0, 0.1) is 19.8 Å². The summed E-state index contributed by atoms with van der Waals surface area (Å²) in [5, 5.41) is 18.5. The zero-order chi connectivity index (χ0) is 32.7. The molecule has 1 aliphatic heterocycles. The molecule has 45 heavy (non-hydrogen) atoms. The number of aliphatic carboxylic acids is 1. The minimum atomic E-state index is -1.38. The minimum Gasteiger partial charge on any atom is -0.480 e. The molecule has 238 valence electrons. The molecule has 3 aromatic rings. The van der Waals surface area contributed by atoms with Gasteiger partial charge in [0.25, 0.3) is 5.91 Å². The van der Waals surface area contributed by atoms with Gasteiger partial charge in [-0.2, -0.15) is 0 Å². The largest absolute Gasteiger partial charge is 0.480 e. The Morgan fingerprint density at radius 3 is 2.24 bits per heavy atom. The van der Waals surface area contributed by atoms with Crippen LogP contribution in [0.1, 0.15) is 65.7 Å². The van der Waals surface area contributed by atoms with E-state index in [2.05, 4.69) is 25.9 Å². The highest BCUT2D eigenvalue weighted by atomic mass is 16.4. The Hall–Kier alpha value is -5.00. The third-order valence-electron chi connectivity index (χ3n) is 8.06. The van der Waals surface area contributed by atoms with Gasteiger partial charge in [-0.1, -0.05) is 62.4 Å². The van der Waals surface area contributed by atoms with Gasteiger partial charge < -0.3 is 26.0 Å². The number of hydrogen-bond acceptors (Lipinski definition) is 6. The molecular formula is C33H40N6O6. The minimum absolute atomic E-state index is 0.00547. The predicted molar refractivity (Wildman–Crippen MR) is 169 cm³/mol. The van der Waals surface area contributed by atoms with E-state index in [1.807, 2.05) is 50.2 Å². The maximum Gasteiger partial charge on any atom is 0.346 e. The first-order chi connectivity index (χ1) is 21.4. The summed E-state index contributed by atoms with van der Waals surface area (Å²) in [4.78, 5) is 71.3. The summed E-state index contributed by atoms with van der Waals surface area (Å²) in [7, 11) is 0. The standard InChI is InChI=1S/C33H40N6O6/c1-20(2)17-26(40)38-33(24-11-6-5-7-12-24)13-15-39(16-14-33)32(45)35-25(30(42)43)18-23-19-34-31(44)37-28(23)36-29(41)27-21(3)9-8-10-22(27)4/h5-12,19-20,25H,13-18H2,1-4H3,(H,35,45)(H,38,40)(H,42,43)(H2,34,36,37,41,44). The van der Waals surface area contributed by atoms with Gasteiger partial charge >= 0.3 is 17.7 Å². The van der Waals surface area contributed by atoms with Gasteiger partial charge in [0.2, 0.25) is 5.91 Å². The SMILES string of the molecule is Cc1cccc(C)c1C(=O)Nc1[nH]c(=O)ncc1CC(NC(=O)N1CCC(NC(=O)CC(C)C)(c2ccccc2)CC1)C(=O)O. The van der Waals surface area contributed by atoms with Crippen molar-refractivity contribution >= 4 is 29.6 Å². The van der Waals surface area contributed by atoms with Crippen molar-refractivity contribution in [3.8, 4) is 0 Å². The number of anilines is 1. The molecular weight excluding hydrogens is 576 g/mol. The number of carbonyl (C=O) groups is 4. The number of likely N-dealkylation sites (tertiary alicyclic amines) is 1. The van der Waals surface area contributed by atoms with Gasteiger partial charge in [0, 0.05) is 43.3 Å². The van der Waals surface area contributed by atoms with E-state index in [4.69, 9.17) is 0 Å². The quantitative estimate of drug-likeness (QED) is 0.232. The van der Waals surface area contributed by atoms with Crippen LogP contribution in [0.15, 0.2) is 59.5 Å². The number of aromatic nitrogens is 2. The zero-order valence-electron chi connectivity index (χ0n) is 26.0. The van der Waals surface area contributed by atoms with Gasteiger partial charge in [-0.05, 0) is 49.3 Å². The summed E-state index contributed by atoms with van der Waals surface area (Å²) >= 11 is 0. The lowest BCUT2D eigenvalue weighted by atomic mass is 9.80. The summed E-state index contributed by atoms with van der Waals surface area (Å²) in [5.74, 6) is -1.63. The fourth-order valence-electron chi connectivity index (χ4n) is 5.72. The van der Waals surface area contributed by atoms with Gasteiger partial charge in [0.1, 0.15) is 11.9 Å². The van der Waals surface area contributed by atoms with Crippen LogP contribution in [0.3, 0.4) is 0 Å². The number of rotatable bonds is 10. The molecule has 0 aliphatic carbocycles. The molecule has 12 nitrogen and oxygen atoms in total. The van der Waals surface area contributed by atoms with E-state index in [9.17, 15) is 29.1 Å². The second-order valence-corrected chi connectivity index (χ2v) is 11.9. The molecule has 1 aliphatic rings. The van der Waals surface area contributed by atoms with E-state index < -0.39 is 35.2 Å². The Kier molecular flexibility index (Phi) is 10.4. The van der Waals surface area contributed by atoms with Crippen molar-refractivity contribution in [1.82, 2.24) is 25.5 Å². The number of H-pyrrole nitrogens is 1. The molecule has 1 saturated heterocycles. The number of piperidine rings is 1. The Bertz CT molecular complexity index is 1590. The van der Waals surface area contributed by atoms with E-state index in [1.165, 1.54) is 11.1 Å². The molecule has 12 heteroatoms. The third kappa shape index (κ3) is 8.14. The maximum atomic E-state index is 13.3. The van der Waals surface area contributed by atoms with Gasteiger partial charge in [-0.3, -0.25) is 14.6 Å². The lowest BCUT2D eigenvalue weighted by Crippen LogP contribution is -2.57. The number of aromatic amines is 1. The van der Waals surface area contributed by atoms with Crippen molar-refractivity contribution < 1.29 is 24.3 Å². The molecule has 4 rings (SSSR count). The molecule has 1 unspecified atom stereocenters. The average Bonchev–Trinajstić information content (AvgIpc) is 2.98. The Balaban J connectivity index is 1.47. The van der Waals surface area contributed by atoms with Crippen molar-refractivity contribution in [2.75, 3.05) is 18.4 Å². The molecule has 2 heterocycles. The van der Waals surface area contributed by atoms with E-state index in [0.29, 0.717) is 24.8 Å². The summed E-state index contributed by atoms with van der Waals surface area (Å²) in [6, 6.07) is 13.1. The van der Waals surface area contributed by atoms with Crippen LogP contribution in [-0.2, 0) is 21.5 Å². The third-order valence-corrected chi connectivity index (χ3v) is 8.06.